The molecule has 1 fully saturated rings. The molecular formula is C19H22N2OS. The number of thiazole rings is 1. The highest BCUT2D eigenvalue weighted by Gasteiger charge is 2.29. The molecule has 1 heterocycles. The maximum absolute atomic E-state index is 12.7. The molecule has 2 aliphatic carbocycles. The molecule has 1 aromatic carbocycles. The number of aromatic nitrogens is 1. The Labute approximate surface area is 141 Å². The van der Waals surface area contributed by atoms with Crippen LogP contribution in [0.4, 0.5) is 0 Å². The number of nitrogens with zero attached hydrogens (tertiary/aromatic N) is 1. The zero-order valence-corrected chi connectivity index (χ0v) is 14.3. The summed E-state index contributed by atoms with van der Waals surface area (Å²) in [5, 5.41) is 4.41. The van der Waals surface area contributed by atoms with Crippen molar-refractivity contribution in [2.75, 3.05) is 0 Å². The molecule has 1 unspecified atom stereocenters. The van der Waals surface area contributed by atoms with Crippen molar-refractivity contribution in [2.45, 2.75) is 57.4 Å². The highest BCUT2D eigenvalue weighted by molar-refractivity contribution is 7.13. The SMILES string of the molecule is Cc1nc(C2CC2)sc1C(=O)NC1CCCc2ccccc2C1. The summed E-state index contributed by atoms with van der Waals surface area (Å²) in [6.45, 7) is 1.96. The van der Waals surface area contributed by atoms with Crippen LogP contribution in [0.3, 0.4) is 0 Å². The molecule has 1 amide bonds. The molecule has 0 bridgehead atoms. The third kappa shape index (κ3) is 3.18. The number of hydrogen-bond donors (Lipinski definition) is 1. The van der Waals surface area contributed by atoms with Crippen molar-refractivity contribution in [3.8, 4) is 0 Å². The summed E-state index contributed by atoms with van der Waals surface area (Å²) < 4.78 is 0. The first-order chi connectivity index (χ1) is 11.2. The topological polar surface area (TPSA) is 42.0 Å². The number of carbonyl (C=O) groups excluding carboxylic acids is 1. The van der Waals surface area contributed by atoms with Gasteiger partial charge in [-0.2, -0.15) is 0 Å². The zero-order chi connectivity index (χ0) is 15.8. The fourth-order valence-corrected chi connectivity index (χ4v) is 4.55. The summed E-state index contributed by atoms with van der Waals surface area (Å²) in [6, 6.07) is 8.85. The van der Waals surface area contributed by atoms with Crippen LogP contribution in [0.15, 0.2) is 24.3 Å². The molecule has 1 N–H and O–H groups in total. The van der Waals surface area contributed by atoms with Gasteiger partial charge in [-0.1, -0.05) is 24.3 Å². The summed E-state index contributed by atoms with van der Waals surface area (Å²) >= 11 is 1.59. The second-order valence-electron chi connectivity index (χ2n) is 6.78. The first kappa shape index (κ1) is 14.9. The normalized spacial score (nSPS) is 20.7. The van der Waals surface area contributed by atoms with Crippen LogP contribution in [0.5, 0.6) is 0 Å². The second kappa shape index (κ2) is 6.08. The van der Waals surface area contributed by atoms with Gasteiger partial charge >= 0.3 is 0 Å². The van der Waals surface area contributed by atoms with Crippen molar-refractivity contribution in [1.82, 2.24) is 10.3 Å². The first-order valence-electron chi connectivity index (χ1n) is 8.55. The van der Waals surface area contributed by atoms with Gasteiger partial charge in [-0.15, -0.1) is 11.3 Å². The average Bonchev–Trinajstić information content (AvgIpc) is 3.33. The van der Waals surface area contributed by atoms with E-state index < -0.39 is 0 Å². The van der Waals surface area contributed by atoms with Crippen molar-refractivity contribution in [2.24, 2.45) is 0 Å². The van der Waals surface area contributed by atoms with Crippen LogP contribution in [-0.4, -0.2) is 16.9 Å². The van der Waals surface area contributed by atoms with E-state index in [1.54, 1.807) is 11.3 Å². The predicted octanol–water partition coefficient (Wildman–Crippen LogP) is 4.01. The van der Waals surface area contributed by atoms with E-state index in [2.05, 4.69) is 34.6 Å². The fourth-order valence-electron chi connectivity index (χ4n) is 3.41. The van der Waals surface area contributed by atoms with E-state index in [4.69, 9.17) is 0 Å². The maximum Gasteiger partial charge on any atom is 0.263 e. The molecule has 0 spiro atoms. The monoisotopic (exact) mass is 326 g/mol. The molecular weight excluding hydrogens is 304 g/mol. The van der Waals surface area contributed by atoms with Crippen LogP contribution >= 0.6 is 11.3 Å². The molecule has 0 saturated heterocycles. The molecule has 1 atom stereocenters. The van der Waals surface area contributed by atoms with E-state index in [9.17, 15) is 4.79 Å². The molecule has 3 nitrogen and oxygen atoms in total. The highest BCUT2D eigenvalue weighted by Crippen LogP contribution is 2.42. The molecule has 1 aromatic heterocycles. The lowest BCUT2D eigenvalue weighted by atomic mass is 10.0. The van der Waals surface area contributed by atoms with Crippen molar-refractivity contribution >= 4 is 17.2 Å². The van der Waals surface area contributed by atoms with Gasteiger partial charge in [-0.3, -0.25) is 4.79 Å². The Hall–Kier alpha value is -1.68. The Balaban J connectivity index is 1.48. The molecule has 23 heavy (non-hydrogen) atoms. The Morgan fingerprint density at radius 2 is 2.00 bits per heavy atom. The lowest BCUT2D eigenvalue weighted by Crippen LogP contribution is -2.36. The van der Waals surface area contributed by atoms with Crippen LogP contribution in [0.25, 0.3) is 0 Å². The van der Waals surface area contributed by atoms with E-state index in [1.165, 1.54) is 24.0 Å². The van der Waals surface area contributed by atoms with Crippen LogP contribution < -0.4 is 5.32 Å². The molecule has 4 heteroatoms. The molecule has 0 radical (unpaired) electrons. The number of carbonyl (C=O) groups is 1. The predicted molar refractivity (Wildman–Crippen MR) is 93.2 cm³/mol. The molecule has 120 valence electrons. The van der Waals surface area contributed by atoms with Crippen molar-refractivity contribution < 1.29 is 4.79 Å². The molecule has 2 aromatic rings. The standard InChI is InChI=1S/C19H22N2OS/c1-12-17(23-19(20-12)14-9-10-14)18(22)21-16-8-4-7-13-5-2-3-6-15(13)11-16/h2-3,5-6,14,16H,4,7-11H2,1H3,(H,21,22). The quantitative estimate of drug-likeness (QED) is 0.866. The van der Waals surface area contributed by atoms with Gasteiger partial charge in [0, 0.05) is 12.0 Å². The van der Waals surface area contributed by atoms with Crippen LogP contribution in [0, 0.1) is 6.92 Å². The van der Waals surface area contributed by atoms with E-state index in [-0.39, 0.29) is 11.9 Å². The van der Waals surface area contributed by atoms with E-state index >= 15 is 0 Å². The van der Waals surface area contributed by atoms with Crippen LogP contribution in [0.2, 0.25) is 0 Å². The smallest absolute Gasteiger partial charge is 0.263 e. The number of hydrogen-bond acceptors (Lipinski definition) is 3. The second-order valence-corrected chi connectivity index (χ2v) is 7.81. The minimum atomic E-state index is 0.0660. The van der Waals surface area contributed by atoms with E-state index in [0.717, 1.165) is 41.3 Å². The van der Waals surface area contributed by atoms with E-state index in [0.29, 0.717) is 5.92 Å². The summed E-state index contributed by atoms with van der Waals surface area (Å²) in [5.41, 5.74) is 3.72. The lowest BCUT2D eigenvalue weighted by molar-refractivity contribution is 0.0938. The minimum absolute atomic E-state index is 0.0660. The molecule has 0 aliphatic heterocycles. The largest absolute Gasteiger partial charge is 0.348 e. The Kier molecular flexibility index (Phi) is 3.93. The zero-order valence-electron chi connectivity index (χ0n) is 13.5. The number of rotatable bonds is 3. The molecule has 1 saturated carbocycles. The Morgan fingerprint density at radius 1 is 1.22 bits per heavy atom. The highest BCUT2D eigenvalue weighted by atomic mass is 32.1. The van der Waals surface area contributed by atoms with Gasteiger partial charge in [0.1, 0.15) is 4.88 Å². The van der Waals surface area contributed by atoms with Gasteiger partial charge < -0.3 is 5.32 Å². The van der Waals surface area contributed by atoms with Gasteiger partial charge in [0.15, 0.2) is 0 Å². The van der Waals surface area contributed by atoms with Gasteiger partial charge in [0.05, 0.1) is 10.7 Å². The van der Waals surface area contributed by atoms with Crippen molar-refractivity contribution in [3.63, 3.8) is 0 Å². The number of fused-ring (bicyclic) bond motifs is 1. The third-order valence-corrected chi connectivity index (χ3v) is 6.18. The number of nitrogens with one attached hydrogen (secondary N) is 1. The minimum Gasteiger partial charge on any atom is -0.348 e. The van der Waals surface area contributed by atoms with Gasteiger partial charge in [-0.25, -0.2) is 4.98 Å². The number of amides is 1. The third-order valence-electron chi connectivity index (χ3n) is 4.86. The summed E-state index contributed by atoms with van der Waals surface area (Å²) in [5.74, 6) is 0.682. The fraction of sp³-hybridized carbons (Fsp3) is 0.474. The number of benzene rings is 1. The molecule has 4 rings (SSSR count). The Bertz CT molecular complexity index is 733. The van der Waals surface area contributed by atoms with Crippen molar-refractivity contribution in [1.29, 1.82) is 0 Å². The maximum atomic E-state index is 12.7. The van der Waals surface area contributed by atoms with Gasteiger partial charge in [0.2, 0.25) is 0 Å². The lowest BCUT2D eigenvalue weighted by Gasteiger charge is -2.16. The van der Waals surface area contributed by atoms with Gasteiger partial charge in [-0.05, 0) is 56.6 Å². The van der Waals surface area contributed by atoms with Crippen LogP contribution in [0.1, 0.15) is 63.1 Å². The summed E-state index contributed by atoms with van der Waals surface area (Å²) in [7, 11) is 0. The molecule has 2 aliphatic rings. The Morgan fingerprint density at radius 3 is 2.78 bits per heavy atom. The summed E-state index contributed by atoms with van der Waals surface area (Å²) in [6.07, 6.45) is 6.70. The summed E-state index contributed by atoms with van der Waals surface area (Å²) in [4.78, 5) is 18.1. The van der Waals surface area contributed by atoms with Crippen LogP contribution in [-0.2, 0) is 12.8 Å². The van der Waals surface area contributed by atoms with Gasteiger partial charge in [0.25, 0.3) is 5.91 Å². The van der Waals surface area contributed by atoms with E-state index in [1.807, 2.05) is 6.92 Å². The first-order valence-corrected chi connectivity index (χ1v) is 9.37. The average molecular weight is 326 g/mol. The van der Waals surface area contributed by atoms with Crippen molar-refractivity contribution in [3.05, 3.63) is 51.0 Å². The number of aryl methyl sites for hydroxylation is 2.